The zero-order chi connectivity index (χ0) is 5.70. The van der Waals surface area contributed by atoms with E-state index in [-0.39, 0.29) is 0 Å². The Morgan fingerprint density at radius 1 is 1.86 bits per heavy atom. The van der Waals surface area contributed by atoms with Crippen LogP contribution in [-0.2, 0) is 0 Å². The summed E-state index contributed by atoms with van der Waals surface area (Å²) in [6, 6.07) is 0. The number of hydrogen-bond donors (Lipinski definition) is 2. The molecule has 0 unspecified atom stereocenters. The molecule has 0 fully saturated rings. The second kappa shape index (κ2) is 3.99. The van der Waals surface area contributed by atoms with Crippen LogP contribution in [0, 0.1) is 5.41 Å². The molecular weight excluding hydrogens is 108 g/mol. The normalized spacial score (nSPS) is 8.29. The molecule has 1 radical (unpaired) electrons. The van der Waals surface area contributed by atoms with Gasteiger partial charge in [-0.1, -0.05) is 12.6 Å². The first-order chi connectivity index (χ1) is 3.27. The molecule has 0 amide bonds. The van der Waals surface area contributed by atoms with E-state index in [9.17, 15) is 0 Å². The van der Waals surface area contributed by atoms with Crippen molar-refractivity contribution in [2.45, 2.75) is 6.92 Å². The standard InChI is InChI=1S/C4H9N2S/c1-4(5)6-2-3-7/h2-3H2,1H3,(H2,5,6). The monoisotopic (exact) mass is 117 g/mol. The molecule has 2 N–H and O–H groups in total. The molecule has 0 aliphatic heterocycles. The van der Waals surface area contributed by atoms with Crippen LogP contribution in [-0.4, -0.2) is 18.1 Å². The summed E-state index contributed by atoms with van der Waals surface area (Å²) in [5.74, 6) is 1.17. The van der Waals surface area contributed by atoms with E-state index in [2.05, 4.69) is 17.9 Å². The van der Waals surface area contributed by atoms with Gasteiger partial charge in [-0.2, -0.15) is 0 Å². The zero-order valence-electron chi connectivity index (χ0n) is 4.32. The van der Waals surface area contributed by atoms with Gasteiger partial charge in [-0.25, -0.2) is 0 Å². The summed E-state index contributed by atoms with van der Waals surface area (Å²) < 4.78 is 0. The molecule has 41 valence electrons. The molecule has 0 bridgehead atoms. The Kier molecular flexibility index (Phi) is 3.89. The first-order valence-corrected chi connectivity index (χ1v) is 2.72. The molecule has 0 spiro atoms. The van der Waals surface area contributed by atoms with Crippen LogP contribution >= 0.6 is 12.6 Å². The SMILES string of the molecule is CC(=N)NCC[S]. The third-order valence-corrected chi connectivity index (χ3v) is 0.696. The lowest BCUT2D eigenvalue weighted by atomic mass is 10.6. The average Bonchev–Trinajstić information content (AvgIpc) is 1.61. The highest BCUT2D eigenvalue weighted by atomic mass is 32.1. The van der Waals surface area contributed by atoms with Gasteiger partial charge in [-0.3, -0.25) is 5.41 Å². The minimum atomic E-state index is 0.491. The second-order valence-corrected chi connectivity index (χ2v) is 1.66. The van der Waals surface area contributed by atoms with Gasteiger partial charge in [0.05, 0.1) is 5.84 Å². The lowest BCUT2D eigenvalue weighted by Crippen LogP contribution is -2.20. The molecule has 0 saturated heterocycles. The Morgan fingerprint density at radius 2 is 2.43 bits per heavy atom. The van der Waals surface area contributed by atoms with Gasteiger partial charge in [0.2, 0.25) is 0 Å². The highest BCUT2D eigenvalue weighted by molar-refractivity contribution is 7.80. The lowest BCUT2D eigenvalue weighted by Gasteiger charge is -1.96. The van der Waals surface area contributed by atoms with Crippen molar-refractivity contribution in [3.8, 4) is 0 Å². The molecular formula is C4H9N2S. The molecule has 0 heterocycles. The molecule has 0 aromatic rings. The fraction of sp³-hybridized carbons (Fsp3) is 0.750. The number of rotatable bonds is 2. The molecule has 0 aromatic carbocycles. The van der Waals surface area contributed by atoms with Crippen molar-refractivity contribution in [1.82, 2.24) is 5.32 Å². The van der Waals surface area contributed by atoms with Crippen molar-refractivity contribution in [3.63, 3.8) is 0 Å². The van der Waals surface area contributed by atoms with Gasteiger partial charge in [-0.15, -0.1) is 0 Å². The Bertz CT molecular complexity index is 62.7. The maximum atomic E-state index is 6.84. The smallest absolute Gasteiger partial charge is 0.0900 e. The van der Waals surface area contributed by atoms with E-state index in [4.69, 9.17) is 5.41 Å². The minimum absolute atomic E-state index is 0.491. The predicted molar refractivity (Wildman–Crippen MR) is 33.9 cm³/mol. The number of nitrogens with one attached hydrogen (secondary N) is 2. The average molecular weight is 117 g/mol. The summed E-state index contributed by atoms with van der Waals surface area (Å²) in [6.45, 7) is 2.44. The molecule has 7 heavy (non-hydrogen) atoms. The van der Waals surface area contributed by atoms with Crippen LogP contribution < -0.4 is 5.32 Å². The molecule has 2 nitrogen and oxygen atoms in total. The third kappa shape index (κ3) is 5.82. The molecule has 0 atom stereocenters. The summed E-state index contributed by atoms with van der Waals surface area (Å²) in [5, 5.41) is 9.61. The van der Waals surface area contributed by atoms with Crippen molar-refractivity contribution in [2.24, 2.45) is 0 Å². The fourth-order valence-corrected chi connectivity index (χ4v) is 0.341. The van der Waals surface area contributed by atoms with E-state index in [0.717, 1.165) is 6.54 Å². The Morgan fingerprint density at radius 3 is 2.57 bits per heavy atom. The van der Waals surface area contributed by atoms with Crippen LogP contribution in [0.4, 0.5) is 0 Å². The highest BCUT2D eigenvalue weighted by Crippen LogP contribution is 1.67. The Hall–Kier alpha value is -0.180. The second-order valence-electron chi connectivity index (χ2n) is 1.26. The molecule has 0 saturated carbocycles. The predicted octanol–water partition coefficient (Wildman–Crippen LogP) is 0.771. The highest BCUT2D eigenvalue weighted by Gasteiger charge is 1.79. The van der Waals surface area contributed by atoms with E-state index in [1.807, 2.05) is 0 Å². The molecule has 0 aliphatic rings. The maximum absolute atomic E-state index is 6.84. The van der Waals surface area contributed by atoms with Crippen molar-refractivity contribution < 1.29 is 0 Å². The van der Waals surface area contributed by atoms with Gasteiger partial charge in [0, 0.05) is 12.3 Å². The number of amidine groups is 1. The maximum Gasteiger partial charge on any atom is 0.0900 e. The summed E-state index contributed by atoms with van der Waals surface area (Å²) >= 11 is 4.61. The van der Waals surface area contributed by atoms with Crippen LogP contribution in [0.15, 0.2) is 0 Å². The summed E-state index contributed by atoms with van der Waals surface area (Å²) in [6.07, 6.45) is 0. The summed E-state index contributed by atoms with van der Waals surface area (Å²) in [7, 11) is 0. The summed E-state index contributed by atoms with van der Waals surface area (Å²) in [4.78, 5) is 0. The van der Waals surface area contributed by atoms with Crippen molar-refractivity contribution >= 4 is 18.5 Å². The van der Waals surface area contributed by atoms with Crippen LogP contribution in [0.3, 0.4) is 0 Å². The van der Waals surface area contributed by atoms with Crippen molar-refractivity contribution in [2.75, 3.05) is 12.3 Å². The van der Waals surface area contributed by atoms with Crippen molar-refractivity contribution in [3.05, 3.63) is 0 Å². The fourth-order valence-electron chi connectivity index (χ4n) is 0.239. The Labute approximate surface area is 49.2 Å². The van der Waals surface area contributed by atoms with E-state index in [1.54, 1.807) is 6.92 Å². The van der Waals surface area contributed by atoms with Gasteiger partial charge in [0.25, 0.3) is 0 Å². The minimum Gasteiger partial charge on any atom is -0.373 e. The topological polar surface area (TPSA) is 35.9 Å². The number of hydrogen-bond acceptors (Lipinski definition) is 1. The Balaban J connectivity index is 2.82. The molecule has 0 rings (SSSR count). The lowest BCUT2D eigenvalue weighted by molar-refractivity contribution is 0.964. The first-order valence-electron chi connectivity index (χ1n) is 2.14. The van der Waals surface area contributed by atoms with E-state index >= 15 is 0 Å². The van der Waals surface area contributed by atoms with Crippen molar-refractivity contribution in [1.29, 1.82) is 5.41 Å². The van der Waals surface area contributed by atoms with Gasteiger partial charge in [0.1, 0.15) is 0 Å². The van der Waals surface area contributed by atoms with Crippen LogP contribution in [0.5, 0.6) is 0 Å². The van der Waals surface area contributed by atoms with Gasteiger partial charge < -0.3 is 5.32 Å². The van der Waals surface area contributed by atoms with Gasteiger partial charge >= 0.3 is 0 Å². The van der Waals surface area contributed by atoms with E-state index < -0.39 is 0 Å². The largest absolute Gasteiger partial charge is 0.373 e. The third-order valence-electron chi connectivity index (χ3n) is 0.492. The molecule has 3 heteroatoms. The van der Waals surface area contributed by atoms with E-state index in [1.165, 1.54) is 0 Å². The quantitative estimate of drug-likeness (QED) is 0.407. The van der Waals surface area contributed by atoms with Crippen LogP contribution in [0.25, 0.3) is 0 Å². The van der Waals surface area contributed by atoms with Gasteiger partial charge in [-0.05, 0) is 6.92 Å². The zero-order valence-corrected chi connectivity index (χ0v) is 5.14. The van der Waals surface area contributed by atoms with Gasteiger partial charge in [0.15, 0.2) is 0 Å². The first kappa shape index (κ1) is 6.82. The van der Waals surface area contributed by atoms with Crippen LogP contribution in [0.2, 0.25) is 0 Å². The molecule has 0 aromatic heterocycles. The van der Waals surface area contributed by atoms with E-state index in [0.29, 0.717) is 11.6 Å². The summed E-state index contributed by atoms with van der Waals surface area (Å²) in [5.41, 5.74) is 0. The molecule has 0 aliphatic carbocycles. The van der Waals surface area contributed by atoms with Crippen LogP contribution in [0.1, 0.15) is 6.92 Å².